The number of aromatic nitrogens is 2. The number of carbonyl (C=O) groups excluding carboxylic acids is 1. The van der Waals surface area contributed by atoms with Crippen LogP contribution in [0.2, 0.25) is 0 Å². The van der Waals surface area contributed by atoms with E-state index in [1.807, 2.05) is 4.90 Å². The molecule has 0 aliphatic carbocycles. The molecule has 3 rings (SSSR count). The summed E-state index contributed by atoms with van der Waals surface area (Å²) >= 11 is 0. The summed E-state index contributed by atoms with van der Waals surface area (Å²) in [5.41, 5.74) is 0.986. The molecule has 0 bridgehead atoms. The second kappa shape index (κ2) is 8.42. The summed E-state index contributed by atoms with van der Waals surface area (Å²) in [5.74, 6) is 1.56. The second-order valence-electron chi connectivity index (χ2n) is 6.89. The molecule has 0 aromatic carbocycles. The summed E-state index contributed by atoms with van der Waals surface area (Å²) in [6, 6.07) is 4.17. The number of anilines is 1. The van der Waals surface area contributed by atoms with Crippen LogP contribution in [0.3, 0.4) is 0 Å². The van der Waals surface area contributed by atoms with Crippen molar-refractivity contribution >= 4 is 11.7 Å². The highest BCUT2D eigenvalue weighted by Gasteiger charge is 2.29. The van der Waals surface area contributed by atoms with Gasteiger partial charge in [-0.2, -0.15) is 5.10 Å². The molecule has 1 atom stereocenters. The van der Waals surface area contributed by atoms with Gasteiger partial charge in [0, 0.05) is 39.7 Å². The first-order valence-corrected chi connectivity index (χ1v) is 9.10. The fourth-order valence-electron chi connectivity index (χ4n) is 3.63. The van der Waals surface area contributed by atoms with Gasteiger partial charge in [-0.25, -0.2) is 0 Å². The smallest absolute Gasteiger partial charge is 0.223 e. The molecule has 24 heavy (non-hydrogen) atoms. The lowest BCUT2D eigenvalue weighted by Gasteiger charge is -2.20. The molecular weight excluding hydrogens is 304 g/mol. The maximum atomic E-state index is 12.0. The van der Waals surface area contributed by atoms with Gasteiger partial charge < -0.3 is 14.5 Å². The Morgan fingerprint density at radius 3 is 2.62 bits per heavy atom. The fourth-order valence-corrected chi connectivity index (χ4v) is 3.63. The van der Waals surface area contributed by atoms with Crippen molar-refractivity contribution in [1.82, 2.24) is 15.1 Å². The molecule has 2 aliphatic heterocycles. The van der Waals surface area contributed by atoms with Crippen LogP contribution in [-0.2, 0) is 16.0 Å². The normalized spacial score (nSPS) is 22.0. The Hall–Kier alpha value is -1.69. The number of hydrogen-bond acceptors (Lipinski definition) is 5. The number of rotatable bonds is 6. The van der Waals surface area contributed by atoms with E-state index in [0.29, 0.717) is 25.5 Å². The topological polar surface area (TPSA) is 58.6 Å². The van der Waals surface area contributed by atoms with Gasteiger partial charge in [-0.15, -0.1) is 5.10 Å². The number of amides is 1. The van der Waals surface area contributed by atoms with E-state index >= 15 is 0 Å². The molecule has 0 unspecified atom stereocenters. The Bertz CT molecular complexity index is 526. The van der Waals surface area contributed by atoms with Gasteiger partial charge in [-0.1, -0.05) is 12.8 Å². The van der Waals surface area contributed by atoms with E-state index in [1.54, 1.807) is 7.11 Å². The van der Waals surface area contributed by atoms with E-state index in [0.717, 1.165) is 37.6 Å². The number of nitrogens with zero attached hydrogens (tertiary/aromatic N) is 4. The number of carbonyl (C=O) groups is 1. The zero-order chi connectivity index (χ0) is 16.8. The van der Waals surface area contributed by atoms with Gasteiger partial charge >= 0.3 is 0 Å². The van der Waals surface area contributed by atoms with Crippen LogP contribution in [0.4, 0.5) is 5.82 Å². The van der Waals surface area contributed by atoms with Crippen LogP contribution in [0.25, 0.3) is 0 Å². The summed E-state index contributed by atoms with van der Waals surface area (Å²) in [6.45, 7) is 4.26. The number of hydrogen-bond donors (Lipinski definition) is 0. The summed E-state index contributed by atoms with van der Waals surface area (Å²) < 4.78 is 5.06. The molecular formula is C18H28N4O2. The zero-order valence-electron chi connectivity index (χ0n) is 14.6. The fraction of sp³-hybridized carbons (Fsp3) is 0.722. The minimum absolute atomic E-state index is 0.228. The van der Waals surface area contributed by atoms with Crippen molar-refractivity contribution < 1.29 is 9.53 Å². The maximum Gasteiger partial charge on any atom is 0.223 e. The van der Waals surface area contributed by atoms with Crippen molar-refractivity contribution in [1.29, 1.82) is 0 Å². The van der Waals surface area contributed by atoms with Crippen molar-refractivity contribution in [2.24, 2.45) is 5.92 Å². The van der Waals surface area contributed by atoms with E-state index in [9.17, 15) is 4.79 Å². The molecule has 0 radical (unpaired) electrons. The molecule has 1 aromatic rings. The Morgan fingerprint density at radius 1 is 1.17 bits per heavy atom. The first-order chi connectivity index (χ1) is 11.8. The third-order valence-electron chi connectivity index (χ3n) is 4.99. The molecule has 6 nitrogen and oxygen atoms in total. The summed E-state index contributed by atoms with van der Waals surface area (Å²) in [6.07, 6.45) is 6.55. The molecule has 132 valence electrons. The lowest BCUT2D eigenvalue weighted by atomic mass is 10.0. The van der Waals surface area contributed by atoms with Crippen LogP contribution in [0.15, 0.2) is 12.1 Å². The lowest BCUT2D eigenvalue weighted by Crippen LogP contribution is -2.29. The van der Waals surface area contributed by atoms with E-state index in [1.165, 1.54) is 25.7 Å². The summed E-state index contributed by atoms with van der Waals surface area (Å²) in [7, 11) is 1.67. The maximum absolute atomic E-state index is 12.0. The average molecular weight is 332 g/mol. The number of methoxy groups -OCH3 is 1. The van der Waals surface area contributed by atoms with Crippen molar-refractivity contribution in [3.8, 4) is 0 Å². The first-order valence-electron chi connectivity index (χ1n) is 9.10. The molecule has 2 fully saturated rings. The molecule has 6 heteroatoms. The highest BCUT2D eigenvalue weighted by molar-refractivity contribution is 5.78. The molecule has 1 amide bonds. The minimum atomic E-state index is 0.228. The van der Waals surface area contributed by atoms with Crippen molar-refractivity contribution in [2.75, 3.05) is 44.8 Å². The van der Waals surface area contributed by atoms with Crippen LogP contribution in [0, 0.1) is 5.92 Å². The quantitative estimate of drug-likeness (QED) is 0.796. The molecule has 2 aliphatic rings. The third-order valence-corrected chi connectivity index (χ3v) is 4.99. The average Bonchev–Trinajstić information content (AvgIpc) is 2.79. The predicted molar refractivity (Wildman–Crippen MR) is 93.0 cm³/mol. The Labute approximate surface area is 144 Å². The highest BCUT2D eigenvalue weighted by atomic mass is 16.5. The van der Waals surface area contributed by atoms with Gasteiger partial charge in [0.2, 0.25) is 5.91 Å². The van der Waals surface area contributed by atoms with Gasteiger partial charge in [0.1, 0.15) is 0 Å². The summed E-state index contributed by atoms with van der Waals surface area (Å²) in [4.78, 5) is 16.2. The predicted octanol–water partition coefficient (Wildman–Crippen LogP) is 1.89. The summed E-state index contributed by atoms with van der Waals surface area (Å²) in [5, 5.41) is 8.85. The van der Waals surface area contributed by atoms with E-state index < -0.39 is 0 Å². The van der Waals surface area contributed by atoms with Gasteiger partial charge in [0.05, 0.1) is 12.3 Å². The second-order valence-corrected chi connectivity index (χ2v) is 6.89. The molecule has 3 heterocycles. The molecule has 0 N–H and O–H groups in total. The standard InChI is InChI=1S/C18H28N4O2/c1-24-11-10-22-14-15(13-18(22)23)12-16-6-7-17(20-19-16)21-8-4-2-3-5-9-21/h6-7,15H,2-5,8-14H2,1H3/t15-/m1/s1. The van der Waals surface area contributed by atoms with Gasteiger partial charge in [0.15, 0.2) is 5.82 Å². The Kier molecular flexibility index (Phi) is 6.01. The zero-order valence-corrected chi connectivity index (χ0v) is 14.6. The minimum Gasteiger partial charge on any atom is -0.383 e. The molecule has 1 aromatic heterocycles. The van der Waals surface area contributed by atoms with Gasteiger partial charge in [0.25, 0.3) is 0 Å². The largest absolute Gasteiger partial charge is 0.383 e. The van der Waals surface area contributed by atoms with Gasteiger partial charge in [-0.3, -0.25) is 4.79 Å². The number of ether oxygens (including phenoxy) is 1. The third kappa shape index (κ3) is 4.44. The van der Waals surface area contributed by atoms with Crippen molar-refractivity contribution in [2.45, 2.75) is 38.5 Å². The molecule has 2 saturated heterocycles. The van der Waals surface area contributed by atoms with Crippen LogP contribution in [0.5, 0.6) is 0 Å². The molecule has 0 spiro atoms. The van der Waals surface area contributed by atoms with Crippen LogP contribution in [0.1, 0.15) is 37.8 Å². The first kappa shape index (κ1) is 17.1. The van der Waals surface area contributed by atoms with E-state index in [4.69, 9.17) is 4.74 Å². The SMILES string of the molecule is COCCN1C[C@H](Cc2ccc(N3CCCCCC3)nn2)CC1=O. The molecule has 0 saturated carbocycles. The van der Waals surface area contributed by atoms with Crippen LogP contribution < -0.4 is 4.90 Å². The van der Waals surface area contributed by atoms with Crippen molar-refractivity contribution in [3.05, 3.63) is 17.8 Å². The van der Waals surface area contributed by atoms with E-state index in [2.05, 4.69) is 27.2 Å². The van der Waals surface area contributed by atoms with Crippen molar-refractivity contribution in [3.63, 3.8) is 0 Å². The Morgan fingerprint density at radius 2 is 1.96 bits per heavy atom. The van der Waals surface area contributed by atoms with Crippen LogP contribution >= 0.6 is 0 Å². The van der Waals surface area contributed by atoms with E-state index in [-0.39, 0.29) is 5.91 Å². The van der Waals surface area contributed by atoms with Gasteiger partial charge in [-0.05, 0) is 37.3 Å². The monoisotopic (exact) mass is 332 g/mol. The highest BCUT2D eigenvalue weighted by Crippen LogP contribution is 2.22. The number of likely N-dealkylation sites (tertiary alicyclic amines) is 1. The van der Waals surface area contributed by atoms with Crippen LogP contribution in [-0.4, -0.2) is 60.9 Å². The Balaban J connectivity index is 1.53. The lowest BCUT2D eigenvalue weighted by molar-refractivity contribution is -0.128.